The molecule has 0 aliphatic rings. The molecule has 1 aromatic rings. The molecule has 0 aliphatic carbocycles. The van der Waals surface area contributed by atoms with E-state index in [9.17, 15) is 0 Å². The summed E-state index contributed by atoms with van der Waals surface area (Å²) >= 11 is 1.82. The van der Waals surface area contributed by atoms with Crippen LogP contribution in [0.4, 0.5) is 0 Å². The topological polar surface area (TPSA) is 12.9 Å². The lowest BCUT2D eigenvalue weighted by molar-refractivity contribution is 0.799. The van der Waals surface area contributed by atoms with Crippen molar-refractivity contribution >= 4 is 11.8 Å². The molecule has 1 rings (SSSR count). The summed E-state index contributed by atoms with van der Waals surface area (Å²) in [5.41, 5.74) is 1.36. The van der Waals surface area contributed by atoms with Crippen molar-refractivity contribution in [2.45, 2.75) is 43.9 Å². The minimum atomic E-state index is 0.249. The molecule has 0 unspecified atom stereocenters. The van der Waals surface area contributed by atoms with Crippen LogP contribution in [0.15, 0.2) is 23.4 Å². The Bertz CT molecular complexity index is 276. The maximum absolute atomic E-state index is 4.34. The molecule has 0 N–H and O–H groups in total. The minimum Gasteiger partial charge on any atom is -0.250 e. The van der Waals surface area contributed by atoms with Gasteiger partial charge in [-0.3, -0.25) is 0 Å². The third-order valence-corrected chi connectivity index (χ3v) is 2.66. The highest BCUT2D eigenvalue weighted by atomic mass is 32.2. The molecular formula is C11H17NS. The average Bonchev–Trinajstić information content (AvgIpc) is 2.01. The van der Waals surface area contributed by atoms with E-state index >= 15 is 0 Å². The number of nitrogens with zero attached hydrogens (tertiary/aromatic N) is 1. The number of aryl methyl sites for hydroxylation is 1. The normalized spacial score (nSPS) is 11.7. The van der Waals surface area contributed by atoms with Crippen LogP contribution in [0.1, 0.15) is 33.3 Å². The zero-order valence-electron chi connectivity index (χ0n) is 8.79. The largest absolute Gasteiger partial charge is 0.250 e. The molecule has 0 amide bonds. The van der Waals surface area contributed by atoms with E-state index in [0.717, 1.165) is 11.4 Å². The molecule has 0 saturated carbocycles. The maximum Gasteiger partial charge on any atom is 0.0967 e. The highest BCUT2D eigenvalue weighted by Crippen LogP contribution is 2.30. The Labute approximate surface area is 85.0 Å². The van der Waals surface area contributed by atoms with Crippen LogP contribution in [0, 0.1) is 0 Å². The molecule has 0 saturated heterocycles. The first-order valence-electron chi connectivity index (χ1n) is 4.65. The first-order chi connectivity index (χ1) is 6.01. The Hall–Kier alpha value is -0.500. The van der Waals surface area contributed by atoms with Crippen molar-refractivity contribution in [3.05, 3.63) is 23.9 Å². The van der Waals surface area contributed by atoms with E-state index in [2.05, 4.69) is 44.8 Å². The van der Waals surface area contributed by atoms with Crippen LogP contribution >= 0.6 is 11.8 Å². The molecule has 0 atom stereocenters. The molecule has 1 nitrogen and oxygen atoms in total. The fraction of sp³-hybridized carbons (Fsp3) is 0.545. The molecular weight excluding hydrogens is 178 g/mol. The molecule has 1 heterocycles. The van der Waals surface area contributed by atoms with Gasteiger partial charge in [-0.25, -0.2) is 4.98 Å². The van der Waals surface area contributed by atoms with Gasteiger partial charge in [0.05, 0.1) is 5.03 Å². The summed E-state index contributed by atoms with van der Waals surface area (Å²) in [5, 5.41) is 1.13. The Kier molecular flexibility index (Phi) is 3.37. The maximum atomic E-state index is 4.34. The molecule has 72 valence electrons. The Morgan fingerprint density at radius 3 is 2.62 bits per heavy atom. The van der Waals surface area contributed by atoms with Crippen LogP contribution in [-0.4, -0.2) is 9.73 Å². The van der Waals surface area contributed by atoms with Crippen LogP contribution in [0.5, 0.6) is 0 Å². The van der Waals surface area contributed by atoms with Gasteiger partial charge < -0.3 is 0 Å². The van der Waals surface area contributed by atoms with Crippen molar-refractivity contribution in [3.63, 3.8) is 0 Å². The van der Waals surface area contributed by atoms with Crippen molar-refractivity contribution < 1.29 is 0 Å². The van der Waals surface area contributed by atoms with Crippen molar-refractivity contribution in [3.8, 4) is 0 Å². The smallest absolute Gasteiger partial charge is 0.0967 e. The van der Waals surface area contributed by atoms with Crippen molar-refractivity contribution in [1.29, 1.82) is 0 Å². The van der Waals surface area contributed by atoms with Gasteiger partial charge in [-0.1, -0.05) is 27.7 Å². The fourth-order valence-electron chi connectivity index (χ4n) is 1.04. The van der Waals surface area contributed by atoms with E-state index in [1.165, 1.54) is 5.56 Å². The van der Waals surface area contributed by atoms with Gasteiger partial charge in [0.25, 0.3) is 0 Å². The molecule has 0 aromatic carbocycles. The zero-order valence-corrected chi connectivity index (χ0v) is 9.61. The molecule has 1 aromatic heterocycles. The second-order valence-electron chi connectivity index (χ2n) is 4.07. The van der Waals surface area contributed by atoms with Crippen LogP contribution in [0.3, 0.4) is 0 Å². The lowest BCUT2D eigenvalue weighted by Gasteiger charge is -2.16. The van der Waals surface area contributed by atoms with Crippen molar-refractivity contribution in [2.75, 3.05) is 0 Å². The summed E-state index contributed by atoms with van der Waals surface area (Å²) in [7, 11) is 0. The highest BCUT2D eigenvalue weighted by Gasteiger charge is 2.12. The van der Waals surface area contributed by atoms with Crippen LogP contribution in [0.2, 0.25) is 0 Å². The highest BCUT2D eigenvalue weighted by molar-refractivity contribution is 8.00. The summed E-state index contributed by atoms with van der Waals surface area (Å²) < 4.78 is 0.249. The summed E-state index contributed by atoms with van der Waals surface area (Å²) in [5.74, 6) is 0. The summed E-state index contributed by atoms with van der Waals surface area (Å²) in [6.45, 7) is 8.79. The van der Waals surface area contributed by atoms with Gasteiger partial charge in [0.15, 0.2) is 0 Å². The molecule has 0 radical (unpaired) electrons. The quantitative estimate of drug-likeness (QED) is 0.669. The number of pyridine rings is 1. The van der Waals surface area contributed by atoms with E-state index in [1.54, 1.807) is 0 Å². The second-order valence-corrected chi connectivity index (χ2v) is 5.92. The standard InChI is InChI=1S/C11H17NS/c1-5-9-6-7-12-10(8-9)13-11(2,3)4/h6-8H,5H2,1-4H3. The van der Waals surface area contributed by atoms with E-state index in [4.69, 9.17) is 0 Å². The van der Waals surface area contributed by atoms with Crippen molar-refractivity contribution in [1.82, 2.24) is 4.98 Å². The molecule has 0 aliphatic heterocycles. The molecule has 0 bridgehead atoms. The molecule has 0 spiro atoms. The third-order valence-electron chi connectivity index (χ3n) is 1.62. The van der Waals surface area contributed by atoms with Gasteiger partial charge in [-0.2, -0.15) is 0 Å². The summed E-state index contributed by atoms with van der Waals surface area (Å²) in [4.78, 5) is 4.34. The predicted molar refractivity (Wildman–Crippen MR) is 59.2 cm³/mol. The van der Waals surface area contributed by atoms with Crippen LogP contribution in [-0.2, 0) is 6.42 Å². The van der Waals surface area contributed by atoms with Gasteiger partial charge in [0.1, 0.15) is 0 Å². The number of thioether (sulfide) groups is 1. The minimum absolute atomic E-state index is 0.249. The molecule has 2 heteroatoms. The SMILES string of the molecule is CCc1ccnc(SC(C)(C)C)c1. The first kappa shape index (κ1) is 10.6. The van der Waals surface area contributed by atoms with Gasteiger partial charge in [-0.15, -0.1) is 11.8 Å². The second kappa shape index (κ2) is 4.14. The Morgan fingerprint density at radius 2 is 2.08 bits per heavy atom. The monoisotopic (exact) mass is 195 g/mol. The predicted octanol–water partition coefficient (Wildman–Crippen LogP) is 3.53. The average molecular weight is 195 g/mol. The van der Waals surface area contributed by atoms with Gasteiger partial charge in [0.2, 0.25) is 0 Å². The molecule has 13 heavy (non-hydrogen) atoms. The molecule has 0 fully saturated rings. The van der Waals surface area contributed by atoms with E-state index in [0.29, 0.717) is 0 Å². The Balaban J connectivity index is 2.78. The van der Waals surface area contributed by atoms with Crippen LogP contribution in [0.25, 0.3) is 0 Å². The van der Waals surface area contributed by atoms with Gasteiger partial charge >= 0.3 is 0 Å². The van der Waals surface area contributed by atoms with E-state index < -0.39 is 0 Å². The lowest BCUT2D eigenvalue weighted by Crippen LogP contribution is -2.07. The lowest BCUT2D eigenvalue weighted by atomic mass is 10.2. The van der Waals surface area contributed by atoms with E-state index in [1.807, 2.05) is 18.0 Å². The third kappa shape index (κ3) is 3.81. The summed E-state index contributed by atoms with van der Waals surface area (Å²) in [6, 6.07) is 4.25. The van der Waals surface area contributed by atoms with E-state index in [-0.39, 0.29) is 4.75 Å². The van der Waals surface area contributed by atoms with Crippen molar-refractivity contribution in [2.24, 2.45) is 0 Å². The van der Waals surface area contributed by atoms with Gasteiger partial charge in [0, 0.05) is 10.9 Å². The fourth-order valence-corrected chi connectivity index (χ4v) is 1.99. The number of hydrogen-bond donors (Lipinski definition) is 0. The first-order valence-corrected chi connectivity index (χ1v) is 5.47. The number of hydrogen-bond acceptors (Lipinski definition) is 2. The zero-order chi connectivity index (χ0) is 9.90. The number of aromatic nitrogens is 1. The summed E-state index contributed by atoms with van der Waals surface area (Å²) in [6.07, 6.45) is 2.98. The Morgan fingerprint density at radius 1 is 1.38 bits per heavy atom. The number of rotatable bonds is 2. The van der Waals surface area contributed by atoms with Crippen LogP contribution < -0.4 is 0 Å². The van der Waals surface area contributed by atoms with Gasteiger partial charge in [-0.05, 0) is 24.1 Å².